The van der Waals surface area contributed by atoms with E-state index >= 15 is 0 Å². The summed E-state index contributed by atoms with van der Waals surface area (Å²) in [7, 11) is 0. The second kappa shape index (κ2) is 5.94. The summed E-state index contributed by atoms with van der Waals surface area (Å²) in [5.41, 5.74) is 8.01. The van der Waals surface area contributed by atoms with Gasteiger partial charge in [-0.2, -0.15) is 0 Å². The molecule has 1 aliphatic carbocycles. The first-order valence-electron chi connectivity index (χ1n) is 6.77. The highest BCUT2D eigenvalue weighted by Gasteiger charge is 2.23. The first kappa shape index (κ1) is 13.7. The molecule has 0 amide bonds. The molecular formula is C15H22ClNO. The molecule has 0 heterocycles. The summed E-state index contributed by atoms with van der Waals surface area (Å²) in [4.78, 5) is 0. The summed E-state index contributed by atoms with van der Waals surface area (Å²) in [6.45, 7) is 5.79. The summed E-state index contributed by atoms with van der Waals surface area (Å²) in [6, 6.07) is 4.17. The van der Waals surface area contributed by atoms with Gasteiger partial charge in [0.25, 0.3) is 0 Å². The second-order valence-corrected chi connectivity index (χ2v) is 5.85. The Morgan fingerprint density at radius 2 is 2.11 bits per heavy atom. The lowest BCUT2D eigenvalue weighted by atomic mass is 9.98. The minimum Gasteiger partial charge on any atom is -0.491 e. The van der Waals surface area contributed by atoms with Crippen LogP contribution in [0.15, 0.2) is 12.1 Å². The van der Waals surface area contributed by atoms with Crippen LogP contribution in [-0.2, 0) is 6.42 Å². The van der Waals surface area contributed by atoms with Crippen LogP contribution in [0.2, 0.25) is 5.02 Å². The molecule has 100 valence electrons. The summed E-state index contributed by atoms with van der Waals surface area (Å²) >= 11 is 6.35. The summed E-state index contributed by atoms with van der Waals surface area (Å²) in [5.74, 6) is 2.03. The van der Waals surface area contributed by atoms with Crippen LogP contribution in [-0.4, -0.2) is 13.2 Å². The van der Waals surface area contributed by atoms with Gasteiger partial charge in [0.2, 0.25) is 0 Å². The lowest BCUT2D eigenvalue weighted by Gasteiger charge is -2.17. The van der Waals surface area contributed by atoms with Crippen LogP contribution >= 0.6 is 11.6 Å². The molecule has 1 fully saturated rings. The predicted octanol–water partition coefficient (Wildman–Crippen LogP) is 3.75. The highest BCUT2D eigenvalue weighted by atomic mass is 35.5. The van der Waals surface area contributed by atoms with Crippen LogP contribution in [0.5, 0.6) is 5.75 Å². The van der Waals surface area contributed by atoms with Crippen LogP contribution in [0.3, 0.4) is 0 Å². The molecule has 0 radical (unpaired) electrons. The number of hydrogen-bond acceptors (Lipinski definition) is 2. The third-order valence-electron chi connectivity index (χ3n) is 3.35. The third-order valence-corrected chi connectivity index (χ3v) is 3.63. The number of nitrogens with two attached hydrogens (primary N) is 1. The standard InChI is InChI=1S/C15H22ClNO/c1-10(2)13-7-12(5-6-17)8-14(16)15(13)18-9-11-3-4-11/h7-8,10-11H,3-6,9,17H2,1-2H3. The zero-order valence-electron chi connectivity index (χ0n) is 11.2. The van der Waals surface area contributed by atoms with Crippen LogP contribution in [0.4, 0.5) is 0 Å². The van der Waals surface area contributed by atoms with Crippen LogP contribution in [0.1, 0.15) is 43.7 Å². The van der Waals surface area contributed by atoms with Gasteiger partial charge in [-0.05, 0) is 54.8 Å². The number of halogens is 1. The molecule has 1 aromatic rings. The summed E-state index contributed by atoms with van der Waals surface area (Å²) < 4.78 is 5.92. The monoisotopic (exact) mass is 267 g/mol. The van der Waals surface area contributed by atoms with E-state index in [1.54, 1.807) is 0 Å². The Bertz CT molecular complexity index is 413. The molecule has 0 aliphatic heterocycles. The average molecular weight is 268 g/mol. The molecule has 3 heteroatoms. The van der Waals surface area contributed by atoms with Crippen molar-refractivity contribution in [2.24, 2.45) is 11.7 Å². The molecule has 0 spiro atoms. The lowest BCUT2D eigenvalue weighted by molar-refractivity contribution is 0.296. The van der Waals surface area contributed by atoms with Gasteiger partial charge in [0.15, 0.2) is 0 Å². The van der Waals surface area contributed by atoms with Gasteiger partial charge in [0.1, 0.15) is 5.75 Å². The SMILES string of the molecule is CC(C)c1cc(CCN)cc(Cl)c1OCC1CC1. The van der Waals surface area contributed by atoms with Gasteiger partial charge in [-0.15, -0.1) is 0 Å². The van der Waals surface area contributed by atoms with Gasteiger partial charge < -0.3 is 10.5 Å². The van der Waals surface area contributed by atoms with Crippen molar-refractivity contribution in [2.45, 2.75) is 39.0 Å². The van der Waals surface area contributed by atoms with E-state index in [9.17, 15) is 0 Å². The maximum absolute atomic E-state index is 6.35. The Morgan fingerprint density at radius 3 is 2.67 bits per heavy atom. The van der Waals surface area contributed by atoms with Gasteiger partial charge in [-0.25, -0.2) is 0 Å². The summed E-state index contributed by atoms with van der Waals surface area (Å²) in [6.07, 6.45) is 3.45. The van der Waals surface area contributed by atoms with Crippen LogP contribution in [0.25, 0.3) is 0 Å². The van der Waals surface area contributed by atoms with E-state index in [4.69, 9.17) is 22.1 Å². The molecule has 0 bridgehead atoms. The fraction of sp³-hybridized carbons (Fsp3) is 0.600. The third kappa shape index (κ3) is 3.39. The van der Waals surface area contributed by atoms with Crippen molar-refractivity contribution in [1.82, 2.24) is 0 Å². The fourth-order valence-electron chi connectivity index (χ4n) is 2.05. The number of benzene rings is 1. The van der Waals surface area contributed by atoms with E-state index in [0.717, 1.165) is 29.7 Å². The van der Waals surface area contributed by atoms with Crippen molar-refractivity contribution in [3.8, 4) is 5.75 Å². The minimum atomic E-state index is 0.412. The zero-order valence-corrected chi connectivity index (χ0v) is 12.0. The fourth-order valence-corrected chi connectivity index (χ4v) is 2.35. The van der Waals surface area contributed by atoms with Crippen molar-refractivity contribution in [2.75, 3.05) is 13.2 Å². The van der Waals surface area contributed by atoms with Crippen molar-refractivity contribution in [3.05, 3.63) is 28.3 Å². The highest BCUT2D eigenvalue weighted by molar-refractivity contribution is 6.32. The largest absolute Gasteiger partial charge is 0.491 e. The van der Waals surface area contributed by atoms with E-state index in [-0.39, 0.29) is 0 Å². The smallest absolute Gasteiger partial charge is 0.141 e. The number of ether oxygens (including phenoxy) is 1. The van der Waals surface area contributed by atoms with E-state index in [1.165, 1.54) is 24.0 Å². The van der Waals surface area contributed by atoms with Gasteiger partial charge in [-0.1, -0.05) is 31.5 Å². The zero-order chi connectivity index (χ0) is 13.1. The molecule has 2 rings (SSSR count). The molecule has 0 atom stereocenters. The van der Waals surface area contributed by atoms with Crippen LogP contribution in [0, 0.1) is 5.92 Å². The Morgan fingerprint density at radius 1 is 1.39 bits per heavy atom. The first-order chi connectivity index (χ1) is 8.61. The van der Waals surface area contributed by atoms with Crippen LogP contribution < -0.4 is 10.5 Å². The molecule has 0 unspecified atom stereocenters. The van der Waals surface area contributed by atoms with Gasteiger partial charge >= 0.3 is 0 Å². The molecule has 1 saturated carbocycles. The molecule has 18 heavy (non-hydrogen) atoms. The summed E-state index contributed by atoms with van der Waals surface area (Å²) in [5, 5.41) is 0.727. The van der Waals surface area contributed by atoms with E-state index in [2.05, 4.69) is 19.9 Å². The Labute approximate surface area is 114 Å². The number of rotatable bonds is 6. The van der Waals surface area contributed by atoms with E-state index in [1.807, 2.05) is 6.07 Å². The lowest BCUT2D eigenvalue weighted by Crippen LogP contribution is -2.07. The molecule has 0 saturated heterocycles. The van der Waals surface area contributed by atoms with Crippen molar-refractivity contribution < 1.29 is 4.74 Å². The Balaban J connectivity index is 2.23. The highest BCUT2D eigenvalue weighted by Crippen LogP contribution is 2.37. The Hall–Kier alpha value is -0.730. The molecule has 1 aromatic carbocycles. The van der Waals surface area contributed by atoms with Crippen molar-refractivity contribution in [1.29, 1.82) is 0 Å². The molecule has 0 aromatic heterocycles. The average Bonchev–Trinajstić information content (AvgIpc) is 3.11. The minimum absolute atomic E-state index is 0.412. The maximum atomic E-state index is 6.35. The van der Waals surface area contributed by atoms with E-state index < -0.39 is 0 Å². The van der Waals surface area contributed by atoms with Gasteiger partial charge in [-0.3, -0.25) is 0 Å². The normalized spacial score (nSPS) is 15.2. The molecule has 2 N–H and O–H groups in total. The number of hydrogen-bond donors (Lipinski definition) is 1. The van der Waals surface area contributed by atoms with Crippen molar-refractivity contribution >= 4 is 11.6 Å². The maximum Gasteiger partial charge on any atom is 0.141 e. The molecule has 2 nitrogen and oxygen atoms in total. The van der Waals surface area contributed by atoms with Crippen molar-refractivity contribution in [3.63, 3.8) is 0 Å². The Kier molecular flexibility index (Phi) is 4.52. The van der Waals surface area contributed by atoms with Gasteiger partial charge in [0, 0.05) is 0 Å². The van der Waals surface area contributed by atoms with E-state index in [0.29, 0.717) is 12.5 Å². The molecular weight excluding hydrogens is 246 g/mol. The quantitative estimate of drug-likeness (QED) is 0.852. The first-order valence-corrected chi connectivity index (χ1v) is 7.14. The second-order valence-electron chi connectivity index (χ2n) is 5.44. The predicted molar refractivity (Wildman–Crippen MR) is 76.5 cm³/mol. The van der Waals surface area contributed by atoms with Gasteiger partial charge in [0.05, 0.1) is 11.6 Å². The topological polar surface area (TPSA) is 35.2 Å². The molecule has 1 aliphatic rings.